The summed E-state index contributed by atoms with van der Waals surface area (Å²) >= 11 is 3.78. The lowest BCUT2D eigenvalue weighted by atomic mass is 10.00. The largest absolute Gasteiger partial charge is 0.455 e. The fourth-order valence-electron chi connectivity index (χ4n) is 20.9. The monoisotopic (exact) mass is 1840 g/mol. The molecule has 0 aliphatic carbocycles. The highest BCUT2D eigenvalue weighted by atomic mass is 32.1. The van der Waals surface area contributed by atoms with Crippen molar-refractivity contribution in [1.29, 1.82) is 0 Å². The number of nitrogens with zero attached hydrogens (tertiary/aromatic N) is 6. The first-order valence-corrected chi connectivity index (χ1v) is 49.5. The molecule has 0 amide bonds. The van der Waals surface area contributed by atoms with E-state index in [1.807, 2.05) is 28.7 Å². The van der Waals surface area contributed by atoms with Gasteiger partial charge in [0.25, 0.3) is 0 Å². The molecule has 0 unspecified atom stereocenters. The summed E-state index contributed by atoms with van der Waals surface area (Å²) in [6, 6.07) is 192. The van der Waals surface area contributed by atoms with E-state index >= 15 is 0 Å². The molecule has 664 valence electrons. The van der Waals surface area contributed by atoms with Crippen molar-refractivity contribution in [2.24, 2.45) is 0 Å². The zero-order chi connectivity index (χ0) is 93.2. The summed E-state index contributed by atoms with van der Waals surface area (Å²) < 4.78 is 19.2. The lowest BCUT2D eigenvalue weighted by Gasteiger charge is -2.26. The van der Waals surface area contributed by atoms with E-state index in [2.05, 4.69) is 556 Å². The molecule has 0 N–H and O–H groups in total. The van der Waals surface area contributed by atoms with Crippen LogP contribution in [0.15, 0.2) is 538 Å². The lowest BCUT2D eigenvalue weighted by molar-refractivity contribution is 0.673. The van der Waals surface area contributed by atoms with E-state index in [1.165, 1.54) is 134 Å². The molecule has 0 radical (unpaired) electrons. The Bertz CT molecular complexity index is 9480. The number of para-hydroxylation sites is 8. The third kappa shape index (κ3) is 15.3. The average Bonchev–Trinajstić information content (AvgIpc) is 1.54. The molecule has 0 aliphatic heterocycles. The maximum absolute atomic E-state index is 6.65. The summed E-state index contributed by atoms with van der Waals surface area (Å²) in [5, 5.41) is 14.9. The van der Waals surface area contributed by atoms with Gasteiger partial charge in [-0.1, -0.05) is 322 Å². The molecule has 0 atom stereocenters. The Labute approximate surface area is 823 Å². The molecular formula is C132H88N6OS2. The predicted molar refractivity (Wildman–Crippen MR) is 601 cm³/mol. The van der Waals surface area contributed by atoms with Crippen LogP contribution >= 0.6 is 22.7 Å². The van der Waals surface area contributed by atoms with Gasteiger partial charge in [-0.25, -0.2) is 0 Å². The van der Waals surface area contributed by atoms with Crippen LogP contribution in [0.1, 0.15) is 0 Å². The van der Waals surface area contributed by atoms with Crippen molar-refractivity contribution < 1.29 is 4.42 Å². The second-order valence-corrected chi connectivity index (χ2v) is 38.0. The van der Waals surface area contributed by atoms with Crippen LogP contribution in [0.5, 0.6) is 0 Å². The molecule has 28 rings (SSSR count). The Morgan fingerprint density at radius 3 is 0.929 bits per heavy atom. The molecule has 0 bridgehead atoms. The fourth-order valence-corrected chi connectivity index (χ4v) is 23.3. The molecule has 0 saturated heterocycles. The minimum absolute atomic E-state index is 0.900. The maximum Gasteiger partial charge on any atom is 0.145 e. The predicted octanol–water partition coefficient (Wildman–Crippen LogP) is 38.1. The second-order valence-electron chi connectivity index (χ2n) is 35.8. The van der Waals surface area contributed by atoms with Crippen LogP contribution in [-0.4, -0.2) is 13.7 Å². The molecule has 22 aromatic carbocycles. The van der Waals surface area contributed by atoms with E-state index in [-0.39, 0.29) is 0 Å². The van der Waals surface area contributed by atoms with Gasteiger partial charge in [0.05, 0.1) is 38.5 Å². The van der Waals surface area contributed by atoms with Gasteiger partial charge in [0.1, 0.15) is 11.2 Å². The van der Waals surface area contributed by atoms with Crippen LogP contribution < -0.4 is 14.7 Å². The highest BCUT2D eigenvalue weighted by Crippen LogP contribution is 2.50. The number of hydrogen-bond acceptors (Lipinski definition) is 6. The third-order valence-corrected chi connectivity index (χ3v) is 29.8. The first kappa shape index (κ1) is 83.5. The van der Waals surface area contributed by atoms with Gasteiger partial charge in [-0.15, -0.1) is 22.7 Å². The summed E-state index contributed by atoms with van der Waals surface area (Å²) in [6.45, 7) is 0. The van der Waals surface area contributed by atoms with Gasteiger partial charge in [-0.2, -0.15) is 0 Å². The van der Waals surface area contributed by atoms with Crippen molar-refractivity contribution in [3.63, 3.8) is 0 Å². The minimum Gasteiger partial charge on any atom is -0.455 e. The summed E-state index contributed by atoms with van der Waals surface area (Å²) in [7, 11) is 0. The second kappa shape index (κ2) is 35.9. The van der Waals surface area contributed by atoms with Gasteiger partial charge < -0.3 is 32.8 Å². The number of hydrogen-bond donors (Lipinski definition) is 0. The zero-order valence-corrected chi connectivity index (χ0v) is 78.3. The van der Waals surface area contributed by atoms with Crippen molar-refractivity contribution in [3.8, 4) is 61.6 Å². The van der Waals surface area contributed by atoms with Crippen LogP contribution in [0.3, 0.4) is 0 Å². The van der Waals surface area contributed by atoms with Crippen molar-refractivity contribution in [1.82, 2.24) is 13.7 Å². The number of fused-ring (bicyclic) bond motifs is 19. The van der Waals surface area contributed by atoms with E-state index in [0.717, 1.165) is 106 Å². The van der Waals surface area contributed by atoms with Crippen LogP contribution in [0.2, 0.25) is 0 Å². The summed E-state index contributed by atoms with van der Waals surface area (Å²) in [5.74, 6) is 0. The first-order valence-electron chi connectivity index (χ1n) is 47.9. The number of rotatable bonds is 16. The van der Waals surface area contributed by atoms with E-state index in [1.54, 1.807) is 0 Å². The highest BCUT2D eigenvalue weighted by molar-refractivity contribution is 7.28. The van der Waals surface area contributed by atoms with Crippen LogP contribution in [-0.2, 0) is 0 Å². The van der Waals surface area contributed by atoms with Gasteiger partial charge in [-0.05, 0) is 257 Å². The van der Waals surface area contributed by atoms with Crippen molar-refractivity contribution >= 4 is 202 Å². The first-order chi connectivity index (χ1) is 69.9. The molecule has 141 heavy (non-hydrogen) atoms. The van der Waals surface area contributed by atoms with E-state index in [0.29, 0.717) is 0 Å². The molecule has 9 heteroatoms. The molecule has 0 saturated carbocycles. The zero-order valence-electron chi connectivity index (χ0n) is 76.7. The van der Waals surface area contributed by atoms with Gasteiger partial charge >= 0.3 is 0 Å². The quantitative estimate of drug-likeness (QED) is 0.0966. The molecule has 6 aromatic heterocycles. The van der Waals surface area contributed by atoms with Gasteiger partial charge in [0, 0.05) is 146 Å². The lowest BCUT2D eigenvalue weighted by Crippen LogP contribution is -2.10. The van der Waals surface area contributed by atoms with Crippen molar-refractivity contribution in [2.75, 3.05) is 14.7 Å². The van der Waals surface area contributed by atoms with Gasteiger partial charge in [0.2, 0.25) is 0 Å². The fraction of sp³-hybridized carbons (Fsp3) is 0. The Morgan fingerprint density at radius 1 is 0.156 bits per heavy atom. The Morgan fingerprint density at radius 2 is 0.454 bits per heavy atom. The van der Waals surface area contributed by atoms with Gasteiger partial charge in [0.15, 0.2) is 0 Å². The normalized spacial score (nSPS) is 11.5. The number of thiophene rings is 2. The average molecular weight is 1840 g/mol. The standard InChI is InChI=1S/C48H33N3.C48H32N2O.C36H23NS2/c1-4-14-34(15-5-1)35-24-26-38(27-25-35)49(36-16-6-2-7-17-36)39-28-30-40(31-29-39)51-46-23-13-11-21-42(46)44-32-43-41-20-10-12-22-45(41)50(47(43)33-48(44)51)37-18-8-3-9-19-37;1-4-12-33(13-5-1)34-20-22-35(23-21-34)36-24-26-39(27-25-36)49(37-14-6-2-7-15-37)40-28-30-44-43(32-40)47-45(50(44)38-16-8-3-9-17-38)31-29-42-41-18-10-11-19-46(41)51-48(42)47;1-3-9-24(10-4-1)25-15-17-27(18-16-25)37(26-11-5-2-6-12-26)28-19-20-30-32-22-31-29-13-7-8-14-33(29)38-35(31)23-36(32)39-34(30)21-28/h1-33H;1-32H;1-23H. The summed E-state index contributed by atoms with van der Waals surface area (Å²) in [6.07, 6.45) is 0. The molecule has 6 heterocycles. The number of anilines is 9. The molecular weight excluding hydrogens is 1750 g/mol. The molecule has 0 aliphatic rings. The van der Waals surface area contributed by atoms with Gasteiger partial charge in [-0.3, -0.25) is 0 Å². The van der Waals surface area contributed by atoms with Crippen LogP contribution in [0.4, 0.5) is 51.2 Å². The van der Waals surface area contributed by atoms with Crippen molar-refractivity contribution in [2.45, 2.75) is 0 Å². The smallest absolute Gasteiger partial charge is 0.145 e. The topological polar surface area (TPSA) is 37.7 Å². The van der Waals surface area contributed by atoms with Crippen LogP contribution in [0, 0.1) is 0 Å². The molecule has 7 nitrogen and oxygen atoms in total. The SMILES string of the molecule is c1ccc(-c2ccc(-c3ccc(N(c4ccccc4)c4ccc5c(c4)c4c6oc7ccccc7c6ccc4n5-c4ccccc4)cc3)cc2)cc1.c1ccc(-c2ccc(N(c3ccccc3)c3ccc(-n4c5ccccc5c5cc6c7ccccc7n(-c7ccccc7)c6cc54)cc3)cc2)cc1.c1ccc(-c2ccc(N(c3ccccc3)c3ccc4c(c3)sc3cc5sc6ccccc6c5cc34)cc2)cc1. The highest BCUT2D eigenvalue weighted by Gasteiger charge is 2.26. The molecule has 28 aromatic rings. The summed E-state index contributed by atoms with van der Waals surface area (Å²) in [5.41, 5.74) is 32.0. The van der Waals surface area contributed by atoms with E-state index in [4.69, 9.17) is 4.42 Å². The summed E-state index contributed by atoms with van der Waals surface area (Å²) in [4.78, 5) is 7.02. The minimum atomic E-state index is 0.900. The Balaban J connectivity index is 0.000000110. The van der Waals surface area contributed by atoms with E-state index < -0.39 is 0 Å². The number of benzene rings is 22. The van der Waals surface area contributed by atoms with Crippen LogP contribution in [0.25, 0.3) is 189 Å². The Hall–Kier alpha value is -18.1. The molecule has 0 spiro atoms. The number of aromatic nitrogens is 3. The van der Waals surface area contributed by atoms with Crippen molar-refractivity contribution in [3.05, 3.63) is 534 Å². The Kier molecular flexibility index (Phi) is 21.2. The maximum atomic E-state index is 6.65. The third-order valence-electron chi connectivity index (χ3n) is 27.5. The van der Waals surface area contributed by atoms with E-state index in [9.17, 15) is 0 Å². The number of furan rings is 1. The molecule has 0 fully saturated rings.